The van der Waals surface area contributed by atoms with Crippen molar-refractivity contribution in [3.05, 3.63) is 0 Å². The van der Waals surface area contributed by atoms with E-state index < -0.39 is 12.1 Å². The highest BCUT2D eigenvalue weighted by Gasteiger charge is 2.23. The average Bonchev–Trinajstić information content (AvgIpc) is 2.52. The van der Waals surface area contributed by atoms with Gasteiger partial charge in [-0.15, -0.1) is 0 Å². The maximum Gasteiger partial charge on any atom is 0.407 e. The predicted octanol–water partition coefficient (Wildman–Crippen LogP) is 0.178. The molecule has 0 radical (unpaired) electrons. The Morgan fingerprint density at radius 3 is 2.14 bits per heavy atom. The first-order valence-electron chi connectivity index (χ1n) is 4.40. The van der Waals surface area contributed by atoms with Crippen molar-refractivity contribution < 1.29 is 19.8 Å². The van der Waals surface area contributed by atoms with Gasteiger partial charge in [0, 0.05) is 12.6 Å². The molecule has 82 valence electrons. The summed E-state index contributed by atoms with van der Waals surface area (Å²) in [6.45, 7) is 2.39. The monoisotopic (exact) mass is 204 g/mol. The van der Waals surface area contributed by atoms with E-state index in [1.165, 1.54) is 4.90 Å². The van der Waals surface area contributed by atoms with Crippen LogP contribution in [0, 0.1) is 0 Å². The molecule has 0 unspecified atom stereocenters. The summed E-state index contributed by atoms with van der Waals surface area (Å²) in [6.07, 6.45) is 1.26. The largest absolute Gasteiger partial charge is 0.480 e. The van der Waals surface area contributed by atoms with Gasteiger partial charge >= 0.3 is 12.1 Å². The zero-order valence-corrected chi connectivity index (χ0v) is 8.14. The van der Waals surface area contributed by atoms with Crippen molar-refractivity contribution in [3.8, 4) is 0 Å². The number of hydrogen-bond donors (Lipinski definition) is 3. The molecule has 0 saturated carbocycles. The lowest BCUT2D eigenvalue weighted by Gasteiger charge is -2.16. The summed E-state index contributed by atoms with van der Waals surface area (Å²) in [7, 11) is 0. The Kier molecular flexibility index (Phi) is 5.62. The number of aliphatic carboxylic acids is 1. The Bertz CT molecular complexity index is 208. The van der Waals surface area contributed by atoms with E-state index in [1.54, 1.807) is 0 Å². The average molecular weight is 204 g/mol. The first-order valence-corrected chi connectivity index (χ1v) is 4.40. The van der Waals surface area contributed by atoms with E-state index in [0.29, 0.717) is 0 Å². The molecule has 0 aromatic heterocycles. The normalized spacial score (nSPS) is 19.9. The summed E-state index contributed by atoms with van der Waals surface area (Å²) in [5.74, 6) is -0.968. The molecule has 14 heavy (non-hydrogen) atoms. The Morgan fingerprint density at radius 2 is 2.00 bits per heavy atom. The number of carboxylic acid groups (broad SMARTS) is 2. The summed E-state index contributed by atoms with van der Waals surface area (Å²) >= 11 is 0. The Balaban J connectivity index is 0.000000292. The molecule has 1 atom stereocenters. The summed E-state index contributed by atoms with van der Waals surface area (Å²) in [5, 5.41) is 16.1. The van der Waals surface area contributed by atoms with Crippen LogP contribution in [0.25, 0.3) is 0 Å². The molecule has 1 saturated heterocycles. The van der Waals surface area contributed by atoms with Gasteiger partial charge in [0.25, 0.3) is 0 Å². The van der Waals surface area contributed by atoms with Crippen molar-refractivity contribution in [2.24, 2.45) is 5.73 Å². The molecule has 1 rings (SSSR count). The van der Waals surface area contributed by atoms with Crippen LogP contribution in [0.2, 0.25) is 0 Å². The quantitative estimate of drug-likeness (QED) is 0.565. The van der Waals surface area contributed by atoms with E-state index in [4.69, 9.17) is 10.2 Å². The third kappa shape index (κ3) is 4.66. The predicted molar refractivity (Wildman–Crippen MR) is 50.1 cm³/mol. The van der Waals surface area contributed by atoms with Gasteiger partial charge in [-0.1, -0.05) is 0 Å². The van der Waals surface area contributed by atoms with Crippen molar-refractivity contribution in [2.45, 2.75) is 25.8 Å². The third-order valence-corrected chi connectivity index (χ3v) is 1.97. The number of nitrogens with two attached hydrogens (primary N) is 1. The summed E-state index contributed by atoms with van der Waals surface area (Å²) in [4.78, 5) is 21.1. The second kappa shape index (κ2) is 6.20. The van der Waals surface area contributed by atoms with Crippen LogP contribution in [0.4, 0.5) is 4.79 Å². The third-order valence-electron chi connectivity index (χ3n) is 1.97. The maximum absolute atomic E-state index is 10.3. The van der Waals surface area contributed by atoms with Crippen LogP contribution in [0.15, 0.2) is 0 Å². The first kappa shape index (κ1) is 12.7. The standard InChI is InChI=1S/C6H11NO2.C2H5NO2/c1-5-3-2-4-7(5)6(8)9;3-1-2(4)5/h5H,2-4H2,1H3,(H,8,9);1,3H2,(H,4,5)/t5-;/m1./s1. The lowest BCUT2D eigenvalue weighted by atomic mass is 10.2. The smallest absolute Gasteiger partial charge is 0.407 e. The molecule has 1 heterocycles. The molecule has 0 aliphatic carbocycles. The van der Waals surface area contributed by atoms with Gasteiger partial charge in [0.05, 0.1) is 6.54 Å². The number of amides is 1. The molecule has 6 heteroatoms. The van der Waals surface area contributed by atoms with Crippen molar-refractivity contribution in [3.63, 3.8) is 0 Å². The SMILES string of the molecule is C[C@@H]1CCCN1C(=O)O.NCC(=O)O. The highest BCUT2D eigenvalue weighted by Crippen LogP contribution is 2.15. The van der Waals surface area contributed by atoms with E-state index in [-0.39, 0.29) is 12.6 Å². The van der Waals surface area contributed by atoms with Crippen molar-refractivity contribution >= 4 is 12.1 Å². The fraction of sp³-hybridized carbons (Fsp3) is 0.750. The van der Waals surface area contributed by atoms with Gasteiger partial charge in [0.2, 0.25) is 0 Å². The summed E-state index contributed by atoms with van der Waals surface area (Å²) in [6, 6.07) is 0.238. The molecule has 1 fully saturated rings. The number of rotatable bonds is 1. The first-order chi connectivity index (χ1) is 6.49. The van der Waals surface area contributed by atoms with Crippen LogP contribution < -0.4 is 5.73 Å². The Labute approximate surface area is 82.3 Å². The lowest BCUT2D eigenvalue weighted by molar-refractivity contribution is -0.135. The van der Waals surface area contributed by atoms with Gasteiger partial charge in [-0.3, -0.25) is 4.79 Å². The van der Waals surface area contributed by atoms with Crippen LogP contribution in [0.1, 0.15) is 19.8 Å². The molecule has 0 spiro atoms. The number of nitrogens with zero attached hydrogens (tertiary/aromatic N) is 1. The van der Waals surface area contributed by atoms with Gasteiger partial charge in [-0.05, 0) is 19.8 Å². The fourth-order valence-electron chi connectivity index (χ4n) is 1.22. The van der Waals surface area contributed by atoms with Gasteiger partial charge in [0.1, 0.15) is 0 Å². The number of carbonyl (C=O) groups is 2. The maximum atomic E-state index is 10.3. The van der Waals surface area contributed by atoms with Crippen LogP contribution >= 0.6 is 0 Å². The molecule has 0 bridgehead atoms. The Morgan fingerprint density at radius 1 is 1.50 bits per heavy atom. The molecule has 1 aliphatic rings. The minimum Gasteiger partial charge on any atom is -0.480 e. The lowest BCUT2D eigenvalue weighted by Crippen LogP contribution is -2.31. The van der Waals surface area contributed by atoms with Crippen LogP contribution in [-0.2, 0) is 4.79 Å². The van der Waals surface area contributed by atoms with E-state index >= 15 is 0 Å². The van der Waals surface area contributed by atoms with Crippen molar-refractivity contribution in [1.82, 2.24) is 4.90 Å². The van der Waals surface area contributed by atoms with E-state index in [1.807, 2.05) is 6.92 Å². The van der Waals surface area contributed by atoms with Gasteiger partial charge in [0.15, 0.2) is 0 Å². The summed E-state index contributed by atoms with van der Waals surface area (Å²) in [5.41, 5.74) is 4.57. The molecule has 6 nitrogen and oxygen atoms in total. The highest BCUT2D eigenvalue weighted by atomic mass is 16.4. The van der Waals surface area contributed by atoms with Crippen molar-refractivity contribution in [1.29, 1.82) is 0 Å². The molecule has 1 amide bonds. The minimum atomic E-state index is -0.968. The van der Waals surface area contributed by atoms with Gasteiger partial charge < -0.3 is 20.8 Å². The number of hydrogen-bond acceptors (Lipinski definition) is 3. The molecule has 0 aromatic carbocycles. The second-order valence-electron chi connectivity index (χ2n) is 3.07. The van der Waals surface area contributed by atoms with Gasteiger partial charge in [-0.2, -0.15) is 0 Å². The molecule has 1 aliphatic heterocycles. The highest BCUT2D eigenvalue weighted by molar-refractivity contribution is 5.68. The molecule has 4 N–H and O–H groups in total. The van der Waals surface area contributed by atoms with Crippen LogP contribution in [0.5, 0.6) is 0 Å². The molecule has 0 aromatic rings. The van der Waals surface area contributed by atoms with Crippen molar-refractivity contribution in [2.75, 3.05) is 13.1 Å². The zero-order chi connectivity index (χ0) is 11.1. The number of likely N-dealkylation sites (tertiary alicyclic amines) is 1. The van der Waals surface area contributed by atoms with E-state index in [2.05, 4.69) is 5.73 Å². The topological polar surface area (TPSA) is 104 Å². The number of carboxylic acids is 1. The van der Waals surface area contributed by atoms with Gasteiger partial charge in [-0.25, -0.2) is 4.79 Å². The second-order valence-corrected chi connectivity index (χ2v) is 3.07. The van der Waals surface area contributed by atoms with Crippen LogP contribution in [0.3, 0.4) is 0 Å². The van der Waals surface area contributed by atoms with E-state index in [9.17, 15) is 9.59 Å². The Hall–Kier alpha value is -1.30. The zero-order valence-electron chi connectivity index (χ0n) is 8.14. The molecular formula is C8H16N2O4. The fourth-order valence-corrected chi connectivity index (χ4v) is 1.22. The molecular weight excluding hydrogens is 188 g/mol. The summed E-state index contributed by atoms with van der Waals surface area (Å²) < 4.78 is 0. The van der Waals surface area contributed by atoms with Crippen LogP contribution in [-0.4, -0.2) is 46.3 Å². The van der Waals surface area contributed by atoms with E-state index in [0.717, 1.165) is 19.4 Å². The minimum absolute atomic E-state index is 0.238.